The first kappa shape index (κ1) is 32.8. The van der Waals surface area contributed by atoms with Crippen LogP contribution in [0.15, 0.2) is 0 Å². The van der Waals surface area contributed by atoms with Crippen LogP contribution in [-0.4, -0.2) is 59.4 Å². The Morgan fingerprint density at radius 3 is 1.24 bits per heavy atom. The van der Waals surface area contributed by atoms with Crippen molar-refractivity contribution < 1.29 is 50.5 Å². The number of aliphatic carboxylic acids is 2. The van der Waals surface area contributed by atoms with E-state index in [1.54, 1.807) is 0 Å². The van der Waals surface area contributed by atoms with E-state index in [0.717, 1.165) is 12.8 Å². The van der Waals surface area contributed by atoms with E-state index in [0.29, 0.717) is 0 Å². The van der Waals surface area contributed by atoms with E-state index in [9.17, 15) is 29.4 Å². The Morgan fingerprint density at radius 2 is 1.14 bits per heavy atom. The number of carbonyl (C=O) groups excluding carboxylic acids is 4. The first-order chi connectivity index (χ1) is 13.0. The molecule has 0 heterocycles. The molecule has 13 heteroatoms. The quantitative estimate of drug-likeness (QED) is 0.209. The third kappa shape index (κ3) is 18.9. The predicted molar refractivity (Wildman–Crippen MR) is 104 cm³/mol. The zero-order chi connectivity index (χ0) is 22.3. The molecule has 0 aliphatic heterocycles. The van der Waals surface area contributed by atoms with Crippen LogP contribution in [0.4, 0.5) is 0 Å². The summed E-state index contributed by atoms with van der Waals surface area (Å²) in [6.07, 6.45) is 4.80. The molecule has 0 saturated heterocycles. The van der Waals surface area contributed by atoms with Gasteiger partial charge >= 0.3 is 21.1 Å². The van der Waals surface area contributed by atoms with E-state index in [4.69, 9.17) is 11.5 Å². The van der Waals surface area contributed by atoms with Crippen molar-refractivity contribution in [1.29, 1.82) is 0 Å². The summed E-state index contributed by atoms with van der Waals surface area (Å²) in [5, 5.41) is 24.4. The largest absolute Gasteiger partial charge is 4.00 e. The van der Waals surface area contributed by atoms with Gasteiger partial charge in [0.2, 0.25) is 11.8 Å². The third-order valence-corrected chi connectivity index (χ3v) is 4.20. The van der Waals surface area contributed by atoms with Crippen LogP contribution in [0.1, 0.15) is 39.5 Å². The fraction of sp³-hybridized carbons (Fsp3) is 0.750. The van der Waals surface area contributed by atoms with E-state index in [-0.39, 0.29) is 44.7 Å². The zero-order valence-corrected chi connectivity index (χ0v) is 20.2. The second-order valence-electron chi connectivity index (χ2n) is 6.09. The van der Waals surface area contributed by atoms with E-state index in [2.05, 4.69) is 35.9 Å². The molecule has 2 amide bonds. The molecular weight excluding hydrogens is 603 g/mol. The SMILES string of the molecule is CC(=O)N[C@@H](C[S-])C(=O)[O-].CC(=O)N[C@@H](C[S-])C(=O)[O-].N[C@@H]1CCCC[C@H]1N.[Pt+4]. The fourth-order valence-corrected chi connectivity index (χ4v) is 2.46. The van der Waals surface area contributed by atoms with Gasteiger partial charge in [0, 0.05) is 38.0 Å². The molecule has 1 aliphatic carbocycles. The van der Waals surface area contributed by atoms with Crippen LogP contribution >= 0.6 is 0 Å². The van der Waals surface area contributed by atoms with Gasteiger partial charge in [0.05, 0.1) is 11.9 Å². The first-order valence-corrected chi connectivity index (χ1v) is 9.74. The number of hydrogen-bond donors (Lipinski definition) is 4. The number of nitrogens with two attached hydrogens (primary N) is 2. The Bertz CT molecular complexity index is 472. The summed E-state index contributed by atoms with van der Waals surface area (Å²) in [7, 11) is 0. The van der Waals surface area contributed by atoms with Gasteiger partial charge in [-0.2, -0.15) is 11.5 Å². The van der Waals surface area contributed by atoms with Crippen LogP contribution in [0.25, 0.3) is 0 Å². The van der Waals surface area contributed by atoms with Crippen LogP contribution in [-0.2, 0) is 65.5 Å². The van der Waals surface area contributed by atoms with Gasteiger partial charge < -0.3 is 67.2 Å². The molecular formula is C16H28N4O6PtS2. The molecule has 0 aromatic carbocycles. The maximum Gasteiger partial charge on any atom is 4.00 e. The Morgan fingerprint density at radius 1 is 0.862 bits per heavy atom. The minimum absolute atomic E-state index is 0. The van der Waals surface area contributed by atoms with Gasteiger partial charge in [-0.15, -0.1) is 0 Å². The average molecular weight is 632 g/mol. The second-order valence-corrected chi connectivity index (χ2v) is 6.76. The number of hydrogen-bond acceptors (Lipinski definition) is 10. The van der Waals surface area contributed by atoms with Gasteiger partial charge in [-0.1, -0.05) is 12.8 Å². The Hall–Kier alpha value is -0.812. The van der Waals surface area contributed by atoms with Crippen LogP contribution in [0.5, 0.6) is 0 Å². The van der Waals surface area contributed by atoms with Gasteiger partial charge in [-0.3, -0.25) is 9.59 Å². The van der Waals surface area contributed by atoms with Crippen molar-refractivity contribution >= 4 is 49.0 Å². The monoisotopic (exact) mass is 631 g/mol. The first-order valence-electron chi connectivity index (χ1n) is 8.59. The van der Waals surface area contributed by atoms with Crippen LogP contribution < -0.4 is 32.3 Å². The van der Waals surface area contributed by atoms with Gasteiger partial charge in [0.1, 0.15) is 0 Å². The van der Waals surface area contributed by atoms with E-state index < -0.39 is 35.8 Å². The average Bonchev–Trinajstić information content (AvgIpc) is 2.60. The normalized spacial score (nSPS) is 19.4. The molecule has 1 rings (SSSR count). The standard InChI is InChI=1S/C6H14N2.2C5H9NO3S.Pt/c7-5-3-1-2-4-6(5)8;2*1-3(7)6-4(2-10)5(8)9;/h5-6H,1-4,7-8H2;2*4,10H,2H2,1H3,(H,6,7)(H,8,9);/q;;;+4/p-4/t5-,6-;2*4-;/m100./s1. The molecule has 10 nitrogen and oxygen atoms in total. The van der Waals surface area contributed by atoms with Crippen molar-refractivity contribution in [2.24, 2.45) is 11.5 Å². The van der Waals surface area contributed by atoms with E-state index >= 15 is 0 Å². The summed E-state index contributed by atoms with van der Waals surface area (Å²) < 4.78 is 0. The molecule has 0 unspecified atom stereocenters. The number of amides is 2. The molecule has 1 saturated carbocycles. The number of carbonyl (C=O) groups is 4. The van der Waals surface area contributed by atoms with Crippen molar-refractivity contribution in [3.8, 4) is 0 Å². The van der Waals surface area contributed by atoms with Gasteiger partial charge in [-0.05, 0) is 12.8 Å². The van der Waals surface area contributed by atoms with Crippen LogP contribution in [0.2, 0.25) is 0 Å². The van der Waals surface area contributed by atoms with Gasteiger partial charge in [0.15, 0.2) is 0 Å². The molecule has 0 radical (unpaired) electrons. The minimum atomic E-state index is -1.34. The molecule has 0 aromatic rings. The Kier molecular flexibility index (Phi) is 21.7. The van der Waals surface area contributed by atoms with Crippen LogP contribution in [0, 0.1) is 0 Å². The molecule has 6 N–H and O–H groups in total. The van der Waals surface area contributed by atoms with Crippen molar-refractivity contribution in [1.82, 2.24) is 10.6 Å². The molecule has 0 aromatic heterocycles. The molecule has 170 valence electrons. The summed E-state index contributed by atoms with van der Waals surface area (Å²) in [4.78, 5) is 40.7. The molecule has 0 bridgehead atoms. The van der Waals surface area contributed by atoms with Gasteiger partial charge in [-0.25, -0.2) is 0 Å². The summed E-state index contributed by atoms with van der Waals surface area (Å²) in [5.41, 5.74) is 11.3. The van der Waals surface area contributed by atoms with Crippen molar-refractivity contribution in [2.45, 2.75) is 63.7 Å². The topological polar surface area (TPSA) is 191 Å². The van der Waals surface area contributed by atoms with Crippen LogP contribution in [0.3, 0.4) is 0 Å². The van der Waals surface area contributed by atoms with E-state index in [1.165, 1.54) is 26.7 Å². The number of carboxylic acid groups (broad SMARTS) is 2. The van der Waals surface area contributed by atoms with Gasteiger partial charge in [0.25, 0.3) is 0 Å². The number of nitrogens with one attached hydrogen (secondary N) is 2. The molecule has 1 fully saturated rings. The van der Waals surface area contributed by atoms with Crippen molar-refractivity contribution in [3.05, 3.63) is 0 Å². The number of rotatable bonds is 6. The Balaban J connectivity index is -0.000000345. The maximum atomic E-state index is 10.3. The predicted octanol–water partition coefficient (Wildman–Crippen LogP) is -4.21. The maximum absolute atomic E-state index is 10.3. The molecule has 4 atom stereocenters. The summed E-state index contributed by atoms with van der Waals surface area (Å²) in [6.45, 7) is 2.45. The summed E-state index contributed by atoms with van der Waals surface area (Å²) in [5.74, 6) is -3.65. The summed E-state index contributed by atoms with van der Waals surface area (Å²) in [6, 6.07) is -1.51. The number of carboxylic acids is 2. The van der Waals surface area contributed by atoms with Crippen molar-refractivity contribution in [3.63, 3.8) is 0 Å². The van der Waals surface area contributed by atoms with Crippen molar-refractivity contribution in [2.75, 3.05) is 11.5 Å². The fourth-order valence-electron chi connectivity index (χ4n) is 2.02. The minimum Gasteiger partial charge on any atom is -0.790 e. The summed E-state index contributed by atoms with van der Waals surface area (Å²) >= 11 is 8.87. The molecule has 1 aliphatic rings. The Labute approximate surface area is 196 Å². The molecule has 29 heavy (non-hydrogen) atoms. The van der Waals surface area contributed by atoms with E-state index in [1.807, 2.05) is 0 Å². The molecule has 0 spiro atoms. The zero-order valence-electron chi connectivity index (χ0n) is 16.3. The third-order valence-electron chi connectivity index (χ3n) is 3.53. The second kappa shape index (κ2) is 19.2. The smallest absolute Gasteiger partial charge is 0.790 e.